The van der Waals surface area contributed by atoms with Gasteiger partial charge in [-0.2, -0.15) is 0 Å². The maximum atomic E-state index is 14.8. The lowest BCUT2D eigenvalue weighted by Crippen LogP contribution is -2.62. The molecule has 48 heavy (non-hydrogen) atoms. The second kappa shape index (κ2) is 14.8. The molecule has 1 saturated heterocycles. The van der Waals surface area contributed by atoms with Crippen LogP contribution in [0, 0.1) is 0 Å². The summed E-state index contributed by atoms with van der Waals surface area (Å²) in [7, 11) is 0. The largest absolute Gasteiger partial charge is 0.444 e. The van der Waals surface area contributed by atoms with Gasteiger partial charge < -0.3 is 14.2 Å². The van der Waals surface area contributed by atoms with Crippen molar-refractivity contribution in [3.8, 4) is 0 Å². The molecule has 0 N–H and O–H groups in total. The molecule has 1 aliphatic heterocycles. The van der Waals surface area contributed by atoms with Crippen LogP contribution in [-0.4, -0.2) is 84.0 Å². The van der Waals surface area contributed by atoms with Crippen LogP contribution >= 0.6 is 27.5 Å². The zero-order valence-electron chi connectivity index (χ0n) is 27.6. The lowest BCUT2D eigenvalue weighted by atomic mass is 9.95. The van der Waals surface area contributed by atoms with Crippen molar-refractivity contribution in [2.24, 2.45) is 0 Å². The Morgan fingerprint density at radius 1 is 1.04 bits per heavy atom. The predicted molar refractivity (Wildman–Crippen MR) is 187 cm³/mol. The van der Waals surface area contributed by atoms with Crippen LogP contribution in [0.2, 0.25) is 5.02 Å². The molecule has 10 nitrogen and oxygen atoms in total. The molecular weight excluding hydrogens is 694 g/mol. The van der Waals surface area contributed by atoms with E-state index in [-0.39, 0.29) is 11.9 Å². The van der Waals surface area contributed by atoms with Crippen molar-refractivity contribution in [3.05, 3.63) is 111 Å². The summed E-state index contributed by atoms with van der Waals surface area (Å²) in [6, 6.07) is 11.0. The maximum absolute atomic E-state index is 14.8. The van der Waals surface area contributed by atoms with Gasteiger partial charge in [0.05, 0.1) is 18.1 Å². The maximum Gasteiger partial charge on any atom is 0.411 e. The van der Waals surface area contributed by atoms with Crippen LogP contribution < -0.4 is 0 Å². The van der Waals surface area contributed by atoms with Crippen LogP contribution in [-0.2, 0) is 35.5 Å². The Hall–Kier alpha value is -3.80. The number of carbonyl (C=O) groups excluding carboxylic acids is 2. The number of imidazole rings is 1. The van der Waals surface area contributed by atoms with Crippen molar-refractivity contribution < 1.29 is 14.3 Å². The van der Waals surface area contributed by atoms with Crippen LogP contribution in [0.15, 0.2) is 78.2 Å². The highest BCUT2D eigenvalue weighted by Gasteiger charge is 2.43. The van der Waals surface area contributed by atoms with E-state index >= 15 is 0 Å². The van der Waals surface area contributed by atoms with E-state index in [1.165, 1.54) is 0 Å². The topological polar surface area (TPSA) is 96.7 Å². The number of hydrogen-bond donors (Lipinski definition) is 0. The number of aryl methyl sites for hydroxylation is 3. The quantitative estimate of drug-likeness (QED) is 0.209. The normalized spacial score (nSPS) is 18.1. The van der Waals surface area contributed by atoms with Gasteiger partial charge in [-0.15, -0.1) is 0 Å². The zero-order valence-corrected chi connectivity index (χ0v) is 29.9. The third kappa shape index (κ3) is 8.07. The van der Waals surface area contributed by atoms with Crippen LogP contribution in [0.25, 0.3) is 0 Å². The van der Waals surface area contributed by atoms with Gasteiger partial charge in [-0.05, 0) is 109 Å². The van der Waals surface area contributed by atoms with Gasteiger partial charge in [-0.1, -0.05) is 17.7 Å². The van der Waals surface area contributed by atoms with E-state index in [0.29, 0.717) is 44.3 Å². The number of hydrogen-bond acceptors (Lipinski definition) is 7. The molecule has 1 unspecified atom stereocenters. The average Bonchev–Trinajstić information content (AvgIpc) is 3.52. The van der Waals surface area contributed by atoms with Gasteiger partial charge in [-0.25, -0.2) is 9.78 Å². The Morgan fingerprint density at radius 2 is 1.83 bits per heavy atom. The van der Waals surface area contributed by atoms with Crippen LogP contribution in [0.5, 0.6) is 0 Å². The van der Waals surface area contributed by atoms with Crippen molar-refractivity contribution in [2.45, 2.75) is 70.8 Å². The number of amides is 2. The number of pyridine rings is 2. The van der Waals surface area contributed by atoms with E-state index in [2.05, 4.69) is 42.9 Å². The first kappa shape index (κ1) is 34.1. The first-order valence-corrected chi connectivity index (χ1v) is 17.5. The van der Waals surface area contributed by atoms with Gasteiger partial charge >= 0.3 is 6.09 Å². The van der Waals surface area contributed by atoms with Crippen molar-refractivity contribution in [1.29, 1.82) is 0 Å². The van der Waals surface area contributed by atoms with E-state index < -0.39 is 17.7 Å². The molecule has 6 rings (SSSR count). The molecule has 0 bridgehead atoms. The average molecular weight is 735 g/mol. The minimum atomic E-state index is -0.776. The number of nitrogens with zero attached hydrogens (tertiary/aromatic N) is 7. The van der Waals surface area contributed by atoms with Crippen LogP contribution in [0.4, 0.5) is 4.79 Å². The molecule has 0 saturated carbocycles. The van der Waals surface area contributed by atoms with E-state index in [0.717, 1.165) is 51.7 Å². The molecule has 252 valence electrons. The number of fused-ring (bicyclic) bond motifs is 2. The lowest BCUT2D eigenvalue weighted by molar-refractivity contribution is -0.140. The number of aromatic nitrogens is 4. The minimum Gasteiger partial charge on any atom is -0.444 e. The van der Waals surface area contributed by atoms with Crippen LogP contribution in [0.3, 0.4) is 0 Å². The third-order valence-electron chi connectivity index (χ3n) is 8.82. The van der Waals surface area contributed by atoms with E-state index in [9.17, 15) is 9.59 Å². The highest BCUT2D eigenvalue weighted by molar-refractivity contribution is 9.10. The van der Waals surface area contributed by atoms with E-state index in [4.69, 9.17) is 21.3 Å². The van der Waals surface area contributed by atoms with Gasteiger partial charge in [0.25, 0.3) is 0 Å². The highest BCUT2D eigenvalue weighted by Crippen LogP contribution is 2.39. The summed E-state index contributed by atoms with van der Waals surface area (Å²) in [6.07, 6.45) is 12.6. The Bertz CT molecular complexity index is 1680. The predicted octanol–water partition coefficient (Wildman–Crippen LogP) is 6.32. The van der Waals surface area contributed by atoms with E-state index in [1.54, 1.807) is 29.8 Å². The number of piperazine rings is 1. The summed E-state index contributed by atoms with van der Waals surface area (Å²) in [5.41, 5.74) is 4.66. The van der Waals surface area contributed by atoms with Gasteiger partial charge in [0.2, 0.25) is 5.91 Å². The zero-order chi connectivity index (χ0) is 33.8. The van der Waals surface area contributed by atoms with Gasteiger partial charge in [0.1, 0.15) is 11.6 Å². The van der Waals surface area contributed by atoms with Gasteiger partial charge in [0, 0.05) is 79.7 Å². The molecular formula is C36H41BrClN7O3. The molecule has 0 spiro atoms. The molecule has 12 heteroatoms. The molecule has 3 aromatic heterocycles. The monoisotopic (exact) mass is 733 g/mol. The second-order valence-corrected chi connectivity index (χ2v) is 14.7. The Kier molecular flexibility index (Phi) is 10.5. The third-order valence-corrected chi connectivity index (χ3v) is 9.49. The van der Waals surface area contributed by atoms with Crippen molar-refractivity contribution >= 4 is 39.5 Å². The minimum absolute atomic E-state index is 0.123. The van der Waals surface area contributed by atoms with Crippen molar-refractivity contribution in [3.63, 3.8) is 0 Å². The fraction of sp³-hybridized carbons (Fsp3) is 0.417. The standard InChI is InChI=1S/C36H41BrClN7O3/c1-36(2,3)48-35(47)45-18-17-43(33-30-8-7-29(38)20-26(30)5-6-27-19-28(37)21-41-32(27)33)23-31(45)34(46)44(22-25-9-11-39-12-10-25)15-4-14-42-16-13-40-24-42/h7-13,16,19-21,24,31,33H,4-6,14-15,17-18,22-23H2,1-3H3/t31-,33?/m1/s1. The van der Waals surface area contributed by atoms with Gasteiger partial charge in [0.15, 0.2) is 0 Å². The summed E-state index contributed by atoms with van der Waals surface area (Å²) in [5.74, 6) is -0.123. The molecule has 2 amide bonds. The number of carbonyl (C=O) groups is 2. The molecule has 4 heterocycles. The first-order valence-electron chi connectivity index (χ1n) is 16.4. The summed E-state index contributed by atoms with van der Waals surface area (Å²) in [6.45, 7) is 8.33. The summed E-state index contributed by atoms with van der Waals surface area (Å²) in [5, 5.41) is 0.692. The second-order valence-electron chi connectivity index (χ2n) is 13.4. The smallest absolute Gasteiger partial charge is 0.411 e. The fourth-order valence-corrected chi connectivity index (χ4v) is 7.19. The highest BCUT2D eigenvalue weighted by atomic mass is 79.9. The Balaban J connectivity index is 1.36. The molecule has 0 radical (unpaired) electrons. The first-order chi connectivity index (χ1) is 23.1. The molecule has 1 fully saturated rings. The fourth-order valence-electron chi connectivity index (χ4n) is 6.62. The SMILES string of the molecule is CC(C)(C)OC(=O)N1CCN(C2c3ccc(Cl)cc3CCc3cc(Br)cnc32)C[C@@H]1C(=O)N(CCCn1ccnc1)Cc1ccncc1. The molecule has 1 aliphatic carbocycles. The number of rotatable bonds is 8. The number of benzene rings is 1. The van der Waals surface area contributed by atoms with E-state index in [1.807, 2.05) is 66.9 Å². The van der Waals surface area contributed by atoms with Crippen molar-refractivity contribution in [2.75, 3.05) is 26.2 Å². The molecule has 2 atom stereocenters. The Labute approximate surface area is 295 Å². The van der Waals surface area contributed by atoms with Crippen molar-refractivity contribution in [1.82, 2.24) is 34.2 Å². The Morgan fingerprint density at radius 3 is 2.58 bits per heavy atom. The number of halogens is 2. The summed E-state index contributed by atoms with van der Waals surface area (Å²) in [4.78, 5) is 47.6. The number of ether oxygens (including phenoxy) is 1. The van der Waals surface area contributed by atoms with Crippen LogP contribution in [0.1, 0.15) is 61.2 Å². The summed E-state index contributed by atoms with van der Waals surface area (Å²) >= 11 is 10.1. The molecule has 1 aromatic carbocycles. The molecule has 2 aliphatic rings. The molecule has 4 aromatic rings. The van der Waals surface area contributed by atoms with Gasteiger partial charge in [-0.3, -0.25) is 24.6 Å². The lowest BCUT2D eigenvalue weighted by Gasteiger charge is -2.45. The summed E-state index contributed by atoms with van der Waals surface area (Å²) < 4.78 is 8.80.